The first-order valence-electron chi connectivity index (χ1n) is 6.03. The van der Waals surface area contributed by atoms with Gasteiger partial charge in [0.1, 0.15) is 10.8 Å². The third-order valence-electron chi connectivity index (χ3n) is 3.02. The minimum Gasteiger partial charge on any atom is -0.294 e. The Morgan fingerprint density at radius 1 is 1.44 bits per heavy atom. The molecule has 0 saturated heterocycles. The summed E-state index contributed by atoms with van der Waals surface area (Å²) < 4.78 is 23.7. The van der Waals surface area contributed by atoms with Gasteiger partial charge in [0.05, 0.1) is 15.8 Å². The van der Waals surface area contributed by atoms with Crippen molar-refractivity contribution in [1.82, 2.24) is 4.98 Å². The number of Topliss-reactive ketones (excluding diaryl/α,β-unsaturated/α-hetero) is 1. The molecule has 1 aliphatic carbocycles. The topological polar surface area (TPSA) is 64.1 Å². The van der Waals surface area contributed by atoms with Gasteiger partial charge in [-0.15, -0.1) is 11.3 Å². The van der Waals surface area contributed by atoms with Crippen LogP contribution in [0.2, 0.25) is 0 Å². The average molecular weight is 287 g/mol. The Hall–Kier alpha value is -0.750. The fourth-order valence-corrected chi connectivity index (χ4v) is 3.98. The van der Waals surface area contributed by atoms with Crippen LogP contribution in [0.15, 0.2) is 0 Å². The zero-order valence-electron chi connectivity index (χ0n) is 10.8. The number of hydrogen-bond donors (Lipinski definition) is 0. The van der Waals surface area contributed by atoms with Crippen LogP contribution in [0.3, 0.4) is 0 Å². The van der Waals surface area contributed by atoms with Crippen LogP contribution in [0.25, 0.3) is 0 Å². The number of carbonyl (C=O) groups is 1. The summed E-state index contributed by atoms with van der Waals surface area (Å²) >= 11 is 1.24. The van der Waals surface area contributed by atoms with Gasteiger partial charge >= 0.3 is 0 Å². The van der Waals surface area contributed by atoms with E-state index in [0.717, 1.165) is 18.5 Å². The van der Waals surface area contributed by atoms with Crippen LogP contribution in [0.1, 0.15) is 59.9 Å². The molecule has 18 heavy (non-hydrogen) atoms. The summed E-state index contributed by atoms with van der Waals surface area (Å²) in [5.41, 5.74) is 0.821. The molecule has 1 aromatic rings. The number of aromatic nitrogens is 1. The highest BCUT2D eigenvalue weighted by atomic mass is 32.2. The summed E-state index contributed by atoms with van der Waals surface area (Å²) in [6.07, 6.45) is 2.11. The number of ketones is 1. The Balaban J connectivity index is 2.30. The third-order valence-corrected chi connectivity index (χ3v) is 6.49. The molecule has 6 heteroatoms. The van der Waals surface area contributed by atoms with Crippen LogP contribution in [0.4, 0.5) is 0 Å². The van der Waals surface area contributed by atoms with Gasteiger partial charge < -0.3 is 0 Å². The third kappa shape index (κ3) is 2.80. The molecule has 0 N–H and O–H groups in total. The van der Waals surface area contributed by atoms with Crippen molar-refractivity contribution in [3.8, 4) is 0 Å². The monoisotopic (exact) mass is 287 g/mol. The predicted octanol–water partition coefficient (Wildman–Crippen LogP) is 2.55. The molecule has 0 atom stereocenters. The normalized spacial score (nSPS) is 16.2. The molecule has 0 amide bonds. The molecule has 0 aliphatic heterocycles. The van der Waals surface area contributed by atoms with Crippen LogP contribution < -0.4 is 0 Å². The van der Waals surface area contributed by atoms with Crippen molar-refractivity contribution in [1.29, 1.82) is 0 Å². The van der Waals surface area contributed by atoms with Crippen molar-refractivity contribution >= 4 is 27.0 Å². The van der Waals surface area contributed by atoms with Gasteiger partial charge in [-0.3, -0.25) is 4.79 Å². The first kappa shape index (κ1) is 13.7. The molecular formula is C12H17NO3S2. The second kappa shape index (κ2) is 4.74. The van der Waals surface area contributed by atoms with E-state index in [-0.39, 0.29) is 11.5 Å². The van der Waals surface area contributed by atoms with E-state index in [0.29, 0.717) is 15.8 Å². The van der Waals surface area contributed by atoms with Crippen LogP contribution in [-0.2, 0) is 15.6 Å². The zero-order valence-corrected chi connectivity index (χ0v) is 12.4. The molecule has 4 nitrogen and oxygen atoms in total. The number of carbonyl (C=O) groups excluding carboxylic acids is 1. The SMILES string of the molecule is CC(=O)c1sc(CS(=O)(=O)C(C)C)nc1C1CC1. The summed E-state index contributed by atoms with van der Waals surface area (Å²) in [5, 5.41) is 0.141. The smallest absolute Gasteiger partial charge is 0.171 e. The number of hydrogen-bond acceptors (Lipinski definition) is 5. The van der Waals surface area contributed by atoms with Crippen LogP contribution in [0.5, 0.6) is 0 Å². The van der Waals surface area contributed by atoms with Gasteiger partial charge in [-0.25, -0.2) is 13.4 Å². The highest BCUT2D eigenvalue weighted by molar-refractivity contribution is 7.91. The average Bonchev–Trinajstić information content (AvgIpc) is 3.00. The predicted molar refractivity (Wildman–Crippen MR) is 71.9 cm³/mol. The van der Waals surface area contributed by atoms with Crippen LogP contribution in [0, 0.1) is 0 Å². The van der Waals surface area contributed by atoms with E-state index >= 15 is 0 Å². The van der Waals surface area contributed by atoms with Gasteiger partial charge in [0, 0.05) is 12.8 Å². The summed E-state index contributed by atoms with van der Waals surface area (Å²) in [7, 11) is -3.15. The van der Waals surface area contributed by atoms with E-state index in [2.05, 4.69) is 4.98 Å². The standard InChI is InChI=1S/C12H17NO3S2/c1-7(2)18(15,16)6-10-13-11(9-4-5-9)12(17-10)8(3)14/h7,9H,4-6H2,1-3H3. The van der Waals surface area contributed by atoms with Crippen LogP contribution >= 0.6 is 11.3 Å². The van der Waals surface area contributed by atoms with Gasteiger partial charge in [0.2, 0.25) is 0 Å². The Bertz CT molecular complexity index is 568. The van der Waals surface area contributed by atoms with Crippen molar-refractivity contribution in [3.63, 3.8) is 0 Å². The Morgan fingerprint density at radius 3 is 2.50 bits per heavy atom. The first-order chi connectivity index (χ1) is 8.31. The van der Waals surface area contributed by atoms with Gasteiger partial charge in [-0.2, -0.15) is 0 Å². The zero-order chi connectivity index (χ0) is 13.5. The molecule has 1 aliphatic rings. The van der Waals surface area contributed by atoms with Crippen molar-refractivity contribution in [2.45, 2.75) is 50.5 Å². The quantitative estimate of drug-likeness (QED) is 0.781. The van der Waals surface area contributed by atoms with E-state index in [4.69, 9.17) is 0 Å². The van der Waals surface area contributed by atoms with Gasteiger partial charge in [0.15, 0.2) is 15.6 Å². The molecule has 1 fully saturated rings. The lowest BCUT2D eigenvalue weighted by Gasteiger charge is -2.04. The van der Waals surface area contributed by atoms with Crippen molar-refractivity contribution in [2.24, 2.45) is 0 Å². The van der Waals surface area contributed by atoms with Gasteiger partial charge in [-0.05, 0) is 26.7 Å². The van der Waals surface area contributed by atoms with Gasteiger partial charge in [0.25, 0.3) is 0 Å². The van der Waals surface area contributed by atoms with Gasteiger partial charge in [-0.1, -0.05) is 0 Å². The van der Waals surface area contributed by atoms with E-state index < -0.39 is 15.1 Å². The highest BCUT2D eigenvalue weighted by Crippen LogP contribution is 2.43. The second-order valence-corrected chi connectivity index (χ2v) is 8.65. The lowest BCUT2D eigenvalue weighted by atomic mass is 10.2. The maximum absolute atomic E-state index is 11.9. The van der Waals surface area contributed by atoms with E-state index in [1.807, 2.05) is 0 Å². The number of nitrogens with zero attached hydrogens (tertiary/aromatic N) is 1. The molecule has 0 aromatic carbocycles. The van der Waals surface area contributed by atoms with E-state index in [9.17, 15) is 13.2 Å². The van der Waals surface area contributed by atoms with Crippen LogP contribution in [-0.4, -0.2) is 24.4 Å². The Labute approximate surface area is 111 Å². The first-order valence-corrected chi connectivity index (χ1v) is 8.56. The van der Waals surface area contributed by atoms with E-state index in [1.54, 1.807) is 13.8 Å². The minimum absolute atomic E-state index is 0.0115. The largest absolute Gasteiger partial charge is 0.294 e. The molecule has 1 saturated carbocycles. The molecule has 1 aromatic heterocycles. The minimum atomic E-state index is -3.15. The molecule has 0 radical (unpaired) electrons. The summed E-state index contributed by atoms with van der Waals surface area (Å²) in [6.45, 7) is 4.84. The fraction of sp³-hybridized carbons (Fsp3) is 0.667. The number of thiazole rings is 1. The fourth-order valence-electron chi connectivity index (χ4n) is 1.66. The maximum atomic E-state index is 11.9. The maximum Gasteiger partial charge on any atom is 0.171 e. The lowest BCUT2D eigenvalue weighted by Crippen LogP contribution is -2.15. The number of sulfone groups is 1. The molecule has 2 rings (SSSR count). The summed E-state index contributed by atoms with van der Waals surface area (Å²) in [4.78, 5) is 16.6. The molecule has 0 unspecified atom stereocenters. The molecular weight excluding hydrogens is 270 g/mol. The highest BCUT2D eigenvalue weighted by Gasteiger charge is 2.32. The van der Waals surface area contributed by atoms with Crippen molar-refractivity contribution in [3.05, 3.63) is 15.6 Å². The summed E-state index contributed by atoms with van der Waals surface area (Å²) in [5.74, 6) is 0.306. The Morgan fingerprint density at radius 2 is 2.06 bits per heavy atom. The number of rotatable bonds is 5. The molecule has 1 heterocycles. The van der Waals surface area contributed by atoms with Crippen molar-refractivity contribution < 1.29 is 13.2 Å². The molecule has 100 valence electrons. The van der Waals surface area contributed by atoms with E-state index in [1.165, 1.54) is 18.3 Å². The van der Waals surface area contributed by atoms with Crippen molar-refractivity contribution in [2.75, 3.05) is 0 Å². The Kier molecular flexibility index (Phi) is 3.60. The molecule has 0 spiro atoms. The second-order valence-electron chi connectivity index (χ2n) is 5.01. The molecule has 0 bridgehead atoms. The lowest BCUT2D eigenvalue weighted by molar-refractivity contribution is 0.102. The summed E-state index contributed by atoms with van der Waals surface area (Å²) in [6, 6.07) is 0.